The highest BCUT2D eigenvalue weighted by atomic mass is 15.3. The first-order valence-corrected chi connectivity index (χ1v) is 9.22. The van der Waals surface area contributed by atoms with Gasteiger partial charge in [0.1, 0.15) is 18.0 Å². The molecule has 1 aliphatic rings. The molecule has 1 N–H and O–H groups in total. The Bertz CT molecular complexity index is 792. The summed E-state index contributed by atoms with van der Waals surface area (Å²) in [5.41, 5.74) is 2.21. The van der Waals surface area contributed by atoms with Crippen LogP contribution in [0, 0.1) is 5.92 Å². The van der Waals surface area contributed by atoms with Crippen LogP contribution in [-0.4, -0.2) is 42.7 Å². The summed E-state index contributed by atoms with van der Waals surface area (Å²) in [6, 6.07) is 8.28. The van der Waals surface area contributed by atoms with Crippen LogP contribution in [0.3, 0.4) is 0 Å². The average Bonchev–Trinajstić information content (AvgIpc) is 3.22. The molecule has 1 fully saturated rings. The van der Waals surface area contributed by atoms with E-state index in [1.165, 1.54) is 0 Å². The number of hydrogen-bond acceptors (Lipinski definition) is 4. The first kappa shape index (κ1) is 16.3. The number of nitrogens with zero attached hydrogens (tertiary/aromatic N) is 5. The summed E-state index contributed by atoms with van der Waals surface area (Å²) in [5, 5.41) is 4.37. The Hall–Kier alpha value is -2.21. The van der Waals surface area contributed by atoms with Gasteiger partial charge in [0, 0.05) is 12.5 Å². The van der Waals surface area contributed by atoms with Gasteiger partial charge in [0.25, 0.3) is 0 Å². The summed E-state index contributed by atoms with van der Waals surface area (Å²) in [7, 11) is 0. The van der Waals surface area contributed by atoms with Crippen LogP contribution >= 0.6 is 0 Å². The van der Waals surface area contributed by atoms with Crippen molar-refractivity contribution in [2.24, 2.45) is 5.92 Å². The molecule has 0 saturated carbocycles. The molecule has 0 unspecified atom stereocenters. The molecular formula is C19H26N6. The second-order valence-electron chi connectivity index (χ2n) is 7.44. The van der Waals surface area contributed by atoms with Crippen molar-refractivity contribution in [2.45, 2.75) is 45.7 Å². The van der Waals surface area contributed by atoms with Crippen molar-refractivity contribution in [3.8, 4) is 0 Å². The smallest absolute Gasteiger partial charge is 0.141 e. The quantitative estimate of drug-likeness (QED) is 0.776. The van der Waals surface area contributed by atoms with Crippen molar-refractivity contribution >= 4 is 11.0 Å². The van der Waals surface area contributed by atoms with Crippen LogP contribution in [0.5, 0.6) is 0 Å². The average molecular weight is 338 g/mol. The normalized spacial score (nSPS) is 16.9. The third-order valence-electron chi connectivity index (χ3n) is 4.98. The molecule has 0 atom stereocenters. The number of benzene rings is 1. The molecule has 6 heteroatoms. The van der Waals surface area contributed by atoms with Gasteiger partial charge in [0.05, 0.1) is 17.6 Å². The lowest BCUT2D eigenvalue weighted by molar-refractivity contribution is 0.193. The van der Waals surface area contributed by atoms with Crippen molar-refractivity contribution in [3.63, 3.8) is 0 Å². The molecule has 0 amide bonds. The van der Waals surface area contributed by atoms with Crippen molar-refractivity contribution < 1.29 is 0 Å². The lowest BCUT2D eigenvalue weighted by Gasteiger charge is -2.30. The van der Waals surface area contributed by atoms with E-state index in [2.05, 4.69) is 56.7 Å². The first-order valence-electron chi connectivity index (χ1n) is 9.22. The monoisotopic (exact) mass is 338 g/mol. The van der Waals surface area contributed by atoms with Crippen molar-refractivity contribution in [3.05, 3.63) is 42.2 Å². The fourth-order valence-electron chi connectivity index (χ4n) is 3.64. The molecule has 1 aliphatic heterocycles. The molecule has 6 nitrogen and oxygen atoms in total. The van der Waals surface area contributed by atoms with Gasteiger partial charge in [-0.3, -0.25) is 4.90 Å². The zero-order chi connectivity index (χ0) is 17.2. The lowest BCUT2D eigenvalue weighted by atomic mass is 9.96. The maximum Gasteiger partial charge on any atom is 0.141 e. The third kappa shape index (κ3) is 3.58. The minimum atomic E-state index is 0.525. The number of hydrogen-bond donors (Lipinski definition) is 1. The molecular weight excluding hydrogens is 312 g/mol. The maximum absolute atomic E-state index is 4.78. The summed E-state index contributed by atoms with van der Waals surface area (Å²) >= 11 is 0. The van der Waals surface area contributed by atoms with Crippen molar-refractivity contribution in [2.75, 3.05) is 13.1 Å². The van der Waals surface area contributed by atoms with Crippen molar-refractivity contribution in [1.82, 2.24) is 29.6 Å². The molecule has 1 saturated heterocycles. The summed E-state index contributed by atoms with van der Waals surface area (Å²) in [4.78, 5) is 15.2. The molecule has 0 spiro atoms. The standard InChI is InChI=1S/C19H26N6/c1-14(2)11-25-18(20-13-21-25)12-24-9-7-15(8-10-24)19-22-16-5-3-4-6-17(16)23-19/h3-6,13-15H,7-12H2,1-2H3,(H,22,23). The summed E-state index contributed by atoms with van der Waals surface area (Å²) in [6.45, 7) is 8.41. The van der Waals surface area contributed by atoms with E-state index in [0.717, 1.165) is 61.7 Å². The van der Waals surface area contributed by atoms with Crippen LogP contribution in [-0.2, 0) is 13.1 Å². The molecule has 2 aromatic heterocycles. The number of rotatable bonds is 5. The molecule has 25 heavy (non-hydrogen) atoms. The maximum atomic E-state index is 4.78. The van der Waals surface area contributed by atoms with Gasteiger partial charge >= 0.3 is 0 Å². The van der Waals surface area contributed by atoms with Gasteiger partial charge in [-0.25, -0.2) is 14.6 Å². The van der Waals surface area contributed by atoms with E-state index < -0.39 is 0 Å². The number of H-pyrrole nitrogens is 1. The summed E-state index contributed by atoms with van der Waals surface area (Å²) in [6.07, 6.45) is 3.95. The van der Waals surface area contributed by atoms with Crippen LogP contribution in [0.15, 0.2) is 30.6 Å². The molecule has 3 aromatic rings. The first-order chi connectivity index (χ1) is 12.2. The Kier molecular flexibility index (Phi) is 4.53. The molecule has 4 rings (SSSR count). The Labute approximate surface area is 148 Å². The van der Waals surface area contributed by atoms with Gasteiger partial charge in [0.15, 0.2) is 0 Å². The number of likely N-dealkylation sites (tertiary alicyclic amines) is 1. The zero-order valence-electron chi connectivity index (χ0n) is 15.0. The second-order valence-corrected chi connectivity index (χ2v) is 7.44. The Morgan fingerprint density at radius 2 is 2.00 bits per heavy atom. The van der Waals surface area contributed by atoms with E-state index >= 15 is 0 Å². The van der Waals surface area contributed by atoms with E-state index in [9.17, 15) is 0 Å². The highest BCUT2D eigenvalue weighted by molar-refractivity contribution is 5.74. The Morgan fingerprint density at radius 3 is 2.76 bits per heavy atom. The van der Waals surface area contributed by atoms with E-state index in [4.69, 9.17) is 4.98 Å². The molecule has 132 valence electrons. The summed E-state index contributed by atoms with van der Waals surface area (Å²) in [5.74, 6) is 3.33. The number of piperidine rings is 1. The predicted molar refractivity (Wildman–Crippen MR) is 98.2 cm³/mol. The van der Waals surface area contributed by atoms with Gasteiger partial charge < -0.3 is 4.98 Å². The number of aromatic nitrogens is 5. The lowest BCUT2D eigenvalue weighted by Crippen LogP contribution is -2.34. The number of aromatic amines is 1. The molecule has 0 aliphatic carbocycles. The van der Waals surface area contributed by atoms with Gasteiger partial charge in [0.2, 0.25) is 0 Å². The number of nitrogens with one attached hydrogen (secondary N) is 1. The third-order valence-corrected chi connectivity index (χ3v) is 4.98. The number of imidazole rings is 1. The Morgan fingerprint density at radius 1 is 1.20 bits per heavy atom. The highest BCUT2D eigenvalue weighted by Crippen LogP contribution is 2.28. The fourth-order valence-corrected chi connectivity index (χ4v) is 3.64. The number of para-hydroxylation sites is 2. The number of fused-ring (bicyclic) bond motifs is 1. The molecule has 0 bridgehead atoms. The van der Waals surface area contributed by atoms with Gasteiger partial charge in [-0.1, -0.05) is 26.0 Å². The van der Waals surface area contributed by atoms with Crippen molar-refractivity contribution in [1.29, 1.82) is 0 Å². The largest absolute Gasteiger partial charge is 0.342 e. The molecule has 3 heterocycles. The van der Waals surface area contributed by atoms with E-state index in [0.29, 0.717) is 11.8 Å². The van der Waals surface area contributed by atoms with E-state index in [1.54, 1.807) is 6.33 Å². The van der Waals surface area contributed by atoms with Gasteiger partial charge in [-0.05, 0) is 44.0 Å². The minimum Gasteiger partial charge on any atom is -0.342 e. The predicted octanol–water partition coefficient (Wildman–Crippen LogP) is 3.19. The van der Waals surface area contributed by atoms with Crippen LogP contribution in [0.25, 0.3) is 11.0 Å². The van der Waals surface area contributed by atoms with Gasteiger partial charge in [-0.15, -0.1) is 0 Å². The van der Waals surface area contributed by atoms with Crippen LogP contribution in [0.4, 0.5) is 0 Å². The zero-order valence-corrected chi connectivity index (χ0v) is 15.0. The van der Waals surface area contributed by atoms with E-state index in [-0.39, 0.29) is 0 Å². The summed E-state index contributed by atoms with van der Waals surface area (Å²) < 4.78 is 2.05. The highest BCUT2D eigenvalue weighted by Gasteiger charge is 2.24. The van der Waals surface area contributed by atoms with E-state index in [1.807, 2.05) is 6.07 Å². The Balaban J connectivity index is 1.37. The SMILES string of the molecule is CC(C)Cn1ncnc1CN1CCC(c2nc3ccccc3[nH]2)CC1. The second kappa shape index (κ2) is 6.96. The molecule has 0 radical (unpaired) electrons. The van der Waals surface area contributed by atoms with Crippen LogP contribution in [0.2, 0.25) is 0 Å². The molecule has 1 aromatic carbocycles. The van der Waals surface area contributed by atoms with Crippen LogP contribution < -0.4 is 0 Å². The minimum absolute atomic E-state index is 0.525. The van der Waals surface area contributed by atoms with Gasteiger partial charge in [-0.2, -0.15) is 5.10 Å². The van der Waals surface area contributed by atoms with Crippen LogP contribution in [0.1, 0.15) is 44.3 Å². The fraction of sp³-hybridized carbons (Fsp3) is 0.526. The topological polar surface area (TPSA) is 62.6 Å².